The van der Waals surface area contributed by atoms with Gasteiger partial charge in [-0.15, -0.1) is 0 Å². The van der Waals surface area contributed by atoms with Crippen molar-refractivity contribution in [2.75, 3.05) is 16.9 Å². The van der Waals surface area contributed by atoms with Crippen molar-refractivity contribution in [2.45, 2.75) is 38.2 Å². The molecule has 146 valence electrons. The molecule has 0 radical (unpaired) electrons. The highest BCUT2D eigenvalue weighted by molar-refractivity contribution is 14.2. The molecule has 28 heavy (non-hydrogen) atoms. The fourth-order valence-electron chi connectivity index (χ4n) is 3.16. The number of hydrazone groups is 1. The number of halogens is 1. The van der Waals surface area contributed by atoms with Gasteiger partial charge < -0.3 is 10.1 Å². The number of hydrogen-bond donors (Lipinski definition) is 1. The first kappa shape index (κ1) is 18.9. The second kappa shape index (κ2) is 9.18. The molecule has 2 aromatic rings. The van der Waals surface area contributed by atoms with E-state index >= 15 is 0 Å². The Hall–Kier alpha value is -2.43. The van der Waals surface area contributed by atoms with Crippen LogP contribution in [-0.2, 0) is 0 Å². The molecular formula is C19H22IN7O. The van der Waals surface area contributed by atoms with Gasteiger partial charge >= 0.3 is 0 Å². The standard InChI is InChI=1S/C19H22IN7O/c1-20-16-17(24-15-13-21-10-11-22-15)25-19(27-12-6-5-9-23-27)26-18(16)28-14-7-3-2-4-8-14/h5-6,9-11,13-14H,1-4,7-8,12H2,(H,22,24,25,26). The van der Waals surface area contributed by atoms with Crippen LogP contribution in [0, 0.1) is 3.57 Å². The number of hydrogen-bond acceptors (Lipinski definition) is 8. The van der Waals surface area contributed by atoms with Crippen LogP contribution >= 0.6 is 20.7 Å². The van der Waals surface area contributed by atoms with E-state index in [1.165, 1.54) is 19.3 Å². The fraction of sp³-hybridized carbons (Fsp3) is 0.368. The molecule has 2 aliphatic rings. The predicted octanol–water partition coefficient (Wildman–Crippen LogP) is 3.66. The normalized spacial score (nSPS) is 16.9. The van der Waals surface area contributed by atoms with E-state index in [0.29, 0.717) is 30.0 Å². The lowest BCUT2D eigenvalue weighted by molar-refractivity contribution is 0.147. The molecule has 1 N–H and O–H groups in total. The molecule has 0 amide bonds. The van der Waals surface area contributed by atoms with Crippen LogP contribution in [0.25, 0.3) is 0 Å². The minimum absolute atomic E-state index is 0.194. The van der Waals surface area contributed by atoms with E-state index in [0.717, 1.165) is 16.4 Å². The molecule has 0 bridgehead atoms. The van der Waals surface area contributed by atoms with Gasteiger partial charge in [0.15, 0.2) is 5.82 Å². The van der Waals surface area contributed by atoms with Crippen LogP contribution < -0.4 is 15.1 Å². The van der Waals surface area contributed by atoms with Crippen LogP contribution in [0.4, 0.5) is 17.6 Å². The van der Waals surface area contributed by atoms with E-state index in [2.05, 4.69) is 24.9 Å². The summed E-state index contributed by atoms with van der Waals surface area (Å²) in [6.45, 7) is 0.614. The minimum atomic E-state index is -0.574. The van der Waals surface area contributed by atoms with Crippen LogP contribution in [0.2, 0.25) is 0 Å². The smallest absolute Gasteiger partial charge is 0.251 e. The molecule has 1 aliphatic carbocycles. The first-order valence-electron chi connectivity index (χ1n) is 9.30. The van der Waals surface area contributed by atoms with Gasteiger partial charge in [-0.05, 0) is 31.8 Å². The molecule has 0 saturated heterocycles. The van der Waals surface area contributed by atoms with Crippen molar-refractivity contribution in [1.82, 2.24) is 19.9 Å². The Morgan fingerprint density at radius 2 is 2.07 bits per heavy atom. The maximum atomic E-state index is 6.35. The maximum absolute atomic E-state index is 6.35. The van der Waals surface area contributed by atoms with Crippen LogP contribution in [0.1, 0.15) is 32.1 Å². The zero-order chi connectivity index (χ0) is 19.2. The summed E-state index contributed by atoms with van der Waals surface area (Å²) in [5.74, 6) is 2.41. The summed E-state index contributed by atoms with van der Waals surface area (Å²) < 4.78 is 11.5. The van der Waals surface area contributed by atoms with Crippen LogP contribution in [-0.4, -0.2) is 43.3 Å². The van der Waals surface area contributed by atoms with E-state index in [1.54, 1.807) is 29.8 Å². The first-order chi connectivity index (χ1) is 13.8. The predicted molar refractivity (Wildman–Crippen MR) is 120 cm³/mol. The number of rotatable bonds is 6. The van der Waals surface area contributed by atoms with Crippen molar-refractivity contribution in [1.29, 1.82) is 0 Å². The van der Waals surface area contributed by atoms with E-state index in [1.807, 2.05) is 12.2 Å². The van der Waals surface area contributed by atoms with Gasteiger partial charge in [0.2, 0.25) is 5.88 Å². The average molecular weight is 491 g/mol. The fourth-order valence-corrected chi connectivity index (χ4v) is 4.35. The SMILES string of the molecule is C=Ic1c(Nc2cnccn2)nc(N2CC=CC=N2)nc1OC1CCCCC1. The van der Waals surface area contributed by atoms with Crippen LogP contribution in [0.15, 0.2) is 35.8 Å². The lowest BCUT2D eigenvalue weighted by Crippen LogP contribution is -2.24. The molecule has 0 atom stereocenters. The van der Waals surface area contributed by atoms with Crippen molar-refractivity contribution in [3.63, 3.8) is 0 Å². The maximum Gasteiger partial charge on any atom is 0.251 e. The number of allylic oxidation sites excluding steroid dienone is 1. The molecule has 1 fully saturated rings. The summed E-state index contributed by atoms with van der Waals surface area (Å²) in [7, 11) is 0. The second-order valence-electron chi connectivity index (χ2n) is 6.49. The topological polar surface area (TPSA) is 88.4 Å². The van der Waals surface area contributed by atoms with E-state index in [9.17, 15) is 0 Å². The number of anilines is 3. The van der Waals surface area contributed by atoms with Gasteiger partial charge in [-0.25, -0.2) is 9.99 Å². The molecule has 9 heteroatoms. The van der Waals surface area contributed by atoms with E-state index in [4.69, 9.17) is 14.7 Å². The summed E-state index contributed by atoms with van der Waals surface area (Å²) in [5, 5.41) is 9.39. The third-order valence-electron chi connectivity index (χ3n) is 4.52. The monoisotopic (exact) mass is 491 g/mol. The van der Waals surface area contributed by atoms with E-state index in [-0.39, 0.29) is 6.10 Å². The Morgan fingerprint density at radius 1 is 1.18 bits per heavy atom. The molecule has 1 saturated carbocycles. The molecule has 8 nitrogen and oxygen atoms in total. The quantitative estimate of drug-likeness (QED) is 0.618. The van der Waals surface area contributed by atoms with Gasteiger partial charge in [0.05, 0.1) is 12.7 Å². The molecule has 0 unspecified atom stereocenters. The lowest BCUT2D eigenvalue weighted by Gasteiger charge is -2.25. The van der Waals surface area contributed by atoms with Crippen molar-refractivity contribution in [2.24, 2.45) is 5.10 Å². The molecular weight excluding hydrogens is 469 g/mol. The molecule has 1 aliphatic heterocycles. The Kier molecular flexibility index (Phi) is 6.20. The molecule has 4 rings (SSSR count). The highest BCUT2D eigenvalue weighted by atomic mass is 127. The Bertz CT molecular complexity index is 881. The summed E-state index contributed by atoms with van der Waals surface area (Å²) in [4.78, 5) is 17.8. The zero-order valence-corrected chi connectivity index (χ0v) is 17.6. The van der Waals surface area contributed by atoms with Crippen LogP contribution in [0.3, 0.4) is 0 Å². The van der Waals surface area contributed by atoms with E-state index < -0.39 is 20.7 Å². The zero-order valence-electron chi connectivity index (χ0n) is 15.5. The summed E-state index contributed by atoms with van der Waals surface area (Å²) in [6, 6.07) is 0. The highest BCUT2D eigenvalue weighted by Crippen LogP contribution is 2.34. The lowest BCUT2D eigenvalue weighted by atomic mass is 9.98. The Balaban J connectivity index is 1.71. The molecule has 0 aromatic carbocycles. The number of aromatic nitrogens is 4. The highest BCUT2D eigenvalue weighted by Gasteiger charge is 2.22. The Labute approximate surface area is 173 Å². The molecule has 3 heterocycles. The van der Waals surface area contributed by atoms with Gasteiger partial charge in [0, 0.05) is 18.6 Å². The first-order valence-corrected chi connectivity index (χ1v) is 11.9. The van der Waals surface area contributed by atoms with Gasteiger partial charge in [-0.3, -0.25) is 4.98 Å². The molecule has 2 aromatic heterocycles. The van der Waals surface area contributed by atoms with Crippen molar-refractivity contribution in [3.8, 4) is 5.88 Å². The van der Waals surface area contributed by atoms with Gasteiger partial charge in [0.25, 0.3) is 5.95 Å². The second-order valence-corrected chi connectivity index (χ2v) is 8.33. The number of nitrogens with one attached hydrogen (secondary N) is 1. The summed E-state index contributed by atoms with van der Waals surface area (Å²) in [5.41, 5.74) is 0. The number of nitrogens with zero attached hydrogens (tertiary/aromatic N) is 6. The average Bonchev–Trinajstić information content (AvgIpc) is 2.76. The van der Waals surface area contributed by atoms with Gasteiger partial charge in [-0.1, -0.05) is 37.7 Å². The largest absolute Gasteiger partial charge is 0.473 e. The summed E-state index contributed by atoms with van der Waals surface area (Å²) in [6.07, 6.45) is 16.6. The molecule has 0 spiro atoms. The third kappa shape index (κ3) is 4.51. The van der Waals surface area contributed by atoms with Crippen molar-refractivity contribution >= 4 is 49.0 Å². The van der Waals surface area contributed by atoms with Gasteiger partial charge in [-0.2, -0.15) is 15.1 Å². The third-order valence-corrected chi connectivity index (χ3v) is 6.26. The number of ether oxygens (including phenoxy) is 1. The minimum Gasteiger partial charge on any atom is -0.473 e. The van der Waals surface area contributed by atoms with Crippen molar-refractivity contribution in [3.05, 3.63) is 34.3 Å². The van der Waals surface area contributed by atoms with Gasteiger partial charge in [0.1, 0.15) is 15.5 Å². The van der Waals surface area contributed by atoms with Crippen LogP contribution in [0.5, 0.6) is 5.88 Å². The van der Waals surface area contributed by atoms with Crippen molar-refractivity contribution < 1.29 is 4.74 Å². The summed E-state index contributed by atoms with van der Waals surface area (Å²) >= 11 is -0.574. The Morgan fingerprint density at radius 3 is 2.79 bits per heavy atom.